The second-order valence-electron chi connectivity index (χ2n) is 7.17. The van der Waals surface area contributed by atoms with E-state index in [0.29, 0.717) is 18.1 Å². The van der Waals surface area contributed by atoms with E-state index in [9.17, 15) is 9.59 Å². The van der Waals surface area contributed by atoms with Gasteiger partial charge in [-0.05, 0) is 12.8 Å². The van der Waals surface area contributed by atoms with Crippen LogP contribution < -0.4 is 5.32 Å². The van der Waals surface area contributed by atoms with Crippen LogP contribution in [0.25, 0.3) is 10.6 Å². The van der Waals surface area contributed by atoms with Crippen molar-refractivity contribution >= 4 is 28.3 Å². The van der Waals surface area contributed by atoms with Gasteiger partial charge in [-0.2, -0.15) is 0 Å². The van der Waals surface area contributed by atoms with Gasteiger partial charge >= 0.3 is 0 Å². The maximum Gasteiger partial charge on any atom is 0.249 e. The first-order valence-corrected chi connectivity index (χ1v) is 9.19. The fraction of sp³-hybridized carbons (Fsp3) is 0.444. The molecule has 1 fully saturated rings. The number of amides is 2. The third-order valence-corrected chi connectivity index (χ3v) is 5.02. The number of anilines is 1. The van der Waals surface area contributed by atoms with Crippen molar-refractivity contribution in [1.29, 1.82) is 0 Å². The van der Waals surface area contributed by atoms with E-state index in [-0.39, 0.29) is 11.8 Å². The van der Waals surface area contributed by atoms with Crippen molar-refractivity contribution < 1.29 is 9.59 Å². The van der Waals surface area contributed by atoms with Crippen molar-refractivity contribution in [2.75, 3.05) is 11.9 Å². The molecule has 2 heterocycles. The fourth-order valence-electron chi connectivity index (χ4n) is 2.87. The third-order valence-electron chi connectivity index (χ3n) is 4.13. The van der Waals surface area contributed by atoms with Crippen molar-refractivity contribution in [2.24, 2.45) is 5.41 Å². The Hall–Kier alpha value is -2.28. The van der Waals surface area contributed by atoms with E-state index in [4.69, 9.17) is 0 Å². The van der Waals surface area contributed by atoms with Gasteiger partial charge < -0.3 is 4.90 Å². The van der Waals surface area contributed by atoms with Crippen molar-refractivity contribution in [3.8, 4) is 10.6 Å². The van der Waals surface area contributed by atoms with Crippen LogP contribution in [0.3, 0.4) is 0 Å². The number of aromatic nitrogens is 2. The largest absolute Gasteiger partial charge is 0.330 e. The molecule has 7 heteroatoms. The summed E-state index contributed by atoms with van der Waals surface area (Å²) in [6, 6.07) is 9.27. The topological polar surface area (TPSA) is 75.2 Å². The highest BCUT2D eigenvalue weighted by atomic mass is 32.1. The lowest BCUT2D eigenvalue weighted by Gasteiger charge is -2.29. The van der Waals surface area contributed by atoms with Crippen molar-refractivity contribution in [1.82, 2.24) is 15.1 Å². The molecule has 6 nitrogen and oxygen atoms in total. The average Bonchev–Trinajstić information content (AvgIpc) is 3.23. The summed E-state index contributed by atoms with van der Waals surface area (Å²) in [5.74, 6) is -0.182. The number of rotatable bonds is 3. The van der Waals surface area contributed by atoms with E-state index in [1.54, 1.807) is 4.90 Å². The Labute approximate surface area is 151 Å². The number of carbonyl (C=O) groups excluding carboxylic acids is 2. The number of nitrogens with zero attached hydrogens (tertiary/aromatic N) is 3. The van der Waals surface area contributed by atoms with E-state index >= 15 is 0 Å². The lowest BCUT2D eigenvalue weighted by molar-refractivity contribution is -0.143. The second-order valence-corrected chi connectivity index (χ2v) is 8.15. The Kier molecular flexibility index (Phi) is 4.85. The van der Waals surface area contributed by atoms with Crippen LogP contribution in [0.1, 0.15) is 33.6 Å². The molecule has 1 aliphatic rings. The molecule has 132 valence electrons. The summed E-state index contributed by atoms with van der Waals surface area (Å²) in [5, 5.41) is 12.2. The molecule has 0 bridgehead atoms. The van der Waals surface area contributed by atoms with E-state index < -0.39 is 11.5 Å². The molecule has 1 saturated heterocycles. The van der Waals surface area contributed by atoms with Crippen LogP contribution in [-0.4, -0.2) is 39.5 Å². The molecule has 0 spiro atoms. The molecular weight excluding hydrogens is 336 g/mol. The van der Waals surface area contributed by atoms with Gasteiger partial charge in [0.15, 0.2) is 0 Å². The van der Waals surface area contributed by atoms with Crippen molar-refractivity contribution in [2.45, 2.75) is 39.7 Å². The first-order chi connectivity index (χ1) is 11.9. The third kappa shape index (κ3) is 3.87. The zero-order valence-electron chi connectivity index (χ0n) is 14.7. The van der Waals surface area contributed by atoms with E-state index in [2.05, 4.69) is 15.5 Å². The molecule has 1 aromatic carbocycles. The van der Waals surface area contributed by atoms with Gasteiger partial charge in [0, 0.05) is 17.5 Å². The summed E-state index contributed by atoms with van der Waals surface area (Å²) in [4.78, 5) is 26.9. The number of carbonyl (C=O) groups is 2. The Balaban J connectivity index is 1.70. The molecule has 1 unspecified atom stereocenters. The average molecular weight is 358 g/mol. The molecule has 0 radical (unpaired) electrons. The zero-order chi connectivity index (χ0) is 18.0. The molecule has 1 aliphatic heterocycles. The lowest BCUT2D eigenvalue weighted by atomic mass is 9.94. The normalized spacial score (nSPS) is 17.6. The van der Waals surface area contributed by atoms with Crippen LogP contribution in [0.5, 0.6) is 0 Å². The van der Waals surface area contributed by atoms with Gasteiger partial charge in [-0.15, -0.1) is 10.2 Å². The minimum Gasteiger partial charge on any atom is -0.330 e. The Morgan fingerprint density at radius 1 is 1.20 bits per heavy atom. The summed E-state index contributed by atoms with van der Waals surface area (Å²) < 4.78 is 0. The SMILES string of the molecule is CC(C)(C)C(=O)N1CCCC1C(=O)Nc1nnc(-c2ccccc2)s1. The van der Waals surface area contributed by atoms with Gasteiger partial charge in [-0.3, -0.25) is 14.9 Å². The minimum atomic E-state index is -0.494. The van der Waals surface area contributed by atoms with Gasteiger partial charge in [0.05, 0.1) is 0 Å². The van der Waals surface area contributed by atoms with Crippen LogP contribution in [-0.2, 0) is 9.59 Å². The molecule has 1 N–H and O–H groups in total. The minimum absolute atomic E-state index is 0.00684. The summed E-state index contributed by atoms with van der Waals surface area (Å²) in [7, 11) is 0. The number of hydrogen-bond donors (Lipinski definition) is 1. The Morgan fingerprint density at radius 3 is 2.60 bits per heavy atom. The van der Waals surface area contributed by atoms with Crippen LogP contribution in [0, 0.1) is 5.41 Å². The van der Waals surface area contributed by atoms with E-state index in [0.717, 1.165) is 17.0 Å². The Bertz CT molecular complexity index is 767. The smallest absolute Gasteiger partial charge is 0.249 e. The van der Waals surface area contributed by atoms with Gasteiger partial charge in [-0.25, -0.2) is 0 Å². The van der Waals surface area contributed by atoms with Crippen LogP contribution in [0.15, 0.2) is 30.3 Å². The second kappa shape index (κ2) is 6.92. The lowest BCUT2D eigenvalue weighted by Crippen LogP contribution is -2.47. The first kappa shape index (κ1) is 17.5. The van der Waals surface area contributed by atoms with E-state index in [1.165, 1.54) is 11.3 Å². The summed E-state index contributed by atoms with van der Waals surface area (Å²) in [5.41, 5.74) is 0.470. The molecule has 0 aliphatic carbocycles. The fourth-order valence-corrected chi connectivity index (χ4v) is 3.63. The predicted octanol–water partition coefficient (Wildman–Crippen LogP) is 3.18. The Morgan fingerprint density at radius 2 is 1.92 bits per heavy atom. The highest BCUT2D eigenvalue weighted by molar-refractivity contribution is 7.18. The molecule has 2 aromatic rings. The number of hydrogen-bond acceptors (Lipinski definition) is 5. The summed E-state index contributed by atoms with van der Waals surface area (Å²) in [6.45, 7) is 6.25. The van der Waals surface area contributed by atoms with Crippen LogP contribution in [0.2, 0.25) is 0 Å². The molecule has 1 aromatic heterocycles. The molecular formula is C18H22N4O2S. The highest BCUT2D eigenvalue weighted by Gasteiger charge is 2.38. The predicted molar refractivity (Wildman–Crippen MR) is 98.2 cm³/mol. The maximum absolute atomic E-state index is 12.6. The zero-order valence-corrected chi connectivity index (χ0v) is 15.5. The number of likely N-dealkylation sites (tertiary alicyclic amines) is 1. The quantitative estimate of drug-likeness (QED) is 0.914. The van der Waals surface area contributed by atoms with Gasteiger partial charge in [0.25, 0.3) is 0 Å². The summed E-state index contributed by atoms with van der Waals surface area (Å²) >= 11 is 1.33. The molecule has 25 heavy (non-hydrogen) atoms. The molecule has 1 atom stereocenters. The van der Waals surface area contributed by atoms with Gasteiger partial charge in [0.1, 0.15) is 11.0 Å². The molecule has 3 rings (SSSR count). The molecule has 2 amide bonds. The van der Waals surface area contributed by atoms with Gasteiger partial charge in [0.2, 0.25) is 16.9 Å². The monoisotopic (exact) mass is 358 g/mol. The number of benzene rings is 1. The summed E-state index contributed by atoms with van der Waals surface area (Å²) in [6.07, 6.45) is 1.52. The standard InChI is InChI=1S/C18H22N4O2S/c1-18(2,3)16(24)22-11-7-10-13(22)14(23)19-17-21-20-15(25-17)12-8-5-4-6-9-12/h4-6,8-9,13H,7,10-11H2,1-3H3,(H,19,21,23). The maximum atomic E-state index is 12.6. The van der Waals surface area contributed by atoms with Crippen molar-refractivity contribution in [3.63, 3.8) is 0 Å². The van der Waals surface area contributed by atoms with Crippen molar-refractivity contribution in [3.05, 3.63) is 30.3 Å². The first-order valence-electron chi connectivity index (χ1n) is 8.37. The van der Waals surface area contributed by atoms with E-state index in [1.807, 2.05) is 51.1 Å². The van der Waals surface area contributed by atoms with Crippen LogP contribution >= 0.6 is 11.3 Å². The number of nitrogens with one attached hydrogen (secondary N) is 1. The van der Waals surface area contributed by atoms with Crippen LogP contribution in [0.4, 0.5) is 5.13 Å². The molecule has 0 saturated carbocycles. The highest BCUT2D eigenvalue weighted by Crippen LogP contribution is 2.28. The van der Waals surface area contributed by atoms with Gasteiger partial charge in [-0.1, -0.05) is 62.4 Å².